The molecule has 3 aromatic carbocycles. The molecule has 1 aliphatic heterocycles. The number of aryl methyl sites for hydroxylation is 2. The third-order valence-corrected chi connectivity index (χ3v) is 6.98. The van der Waals surface area contributed by atoms with Gasteiger partial charge in [0, 0.05) is 28.8 Å². The smallest absolute Gasteiger partial charge is 0.269 e. The van der Waals surface area contributed by atoms with Crippen LogP contribution in [0.3, 0.4) is 0 Å². The van der Waals surface area contributed by atoms with Crippen molar-refractivity contribution in [3.63, 3.8) is 0 Å². The van der Waals surface area contributed by atoms with Crippen molar-refractivity contribution < 1.29 is 10.0 Å². The number of allylic oxidation sites excluding steroid dienone is 1. The SMILES string of the molecule is Cc1cc(C)c2c(c1)/C(=C\c1sc(=S)n(-c3ccc([N+](=O)[O-])cc3)c1O)C(c1ccccc1)=N2. The maximum Gasteiger partial charge on any atom is 0.269 e. The molecule has 0 atom stereocenters. The van der Waals surface area contributed by atoms with Gasteiger partial charge in [0.15, 0.2) is 3.95 Å². The zero-order chi connectivity index (χ0) is 24.0. The van der Waals surface area contributed by atoms with Crippen molar-refractivity contribution in [2.45, 2.75) is 13.8 Å². The fourth-order valence-electron chi connectivity index (χ4n) is 4.13. The molecule has 1 aromatic heterocycles. The molecule has 6 nitrogen and oxygen atoms in total. The number of hydrogen-bond acceptors (Lipinski definition) is 6. The predicted octanol–water partition coefficient (Wildman–Crippen LogP) is 7.17. The number of benzene rings is 3. The second kappa shape index (κ2) is 8.48. The molecule has 0 aliphatic carbocycles. The summed E-state index contributed by atoms with van der Waals surface area (Å²) in [5.74, 6) is -0.0124. The minimum absolute atomic E-state index is 0.0124. The Hall–Kier alpha value is -3.88. The van der Waals surface area contributed by atoms with Crippen LogP contribution in [0.5, 0.6) is 5.88 Å². The molecule has 4 aromatic rings. The topological polar surface area (TPSA) is 80.7 Å². The summed E-state index contributed by atoms with van der Waals surface area (Å²) in [6.07, 6.45) is 1.92. The van der Waals surface area contributed by atoms with Crippen LogP contribution < -0.4 is 0 Å². The Labute approximate surface area is 205 Å². The second-order valence-corrected chi connectivity index (χ2v) is 9.70. The molecule has 0 saturated carbocycles. The number of aromatic nitrogens is 1. The van der Waals surface area contributed by atoms with Gasteiger partial charge in [-0.1, -0.05) is 42.0 Å². The first kappa shape index (κ1) is 21.9. The molecule has 0 spiro atoms. The van der Waals surface area contributed by atoms with Crippen LogP contribution in [0.2, 0.25) is 0 Å². The monoisotopic (exact) mass is 485 g/mol. The van der Waals surface area contributed by atoms with Crippen LogP contribution in [0.25, 0.3) is 17.3 Å². The number of thiazole rings is 1. The molecule has 34 heavy (non-hydrogen) atoms. The van der Waals surface area contributed by atoms with E-state index in [1.54, 1.807) is 12.1 Å². The lowest BCUT2D eigenvalue weighted by atomic mass is 9.95. The molecule has 0 unspecified atom stereocenters. The molecule has 0 bridgehead atoms. The fraction of sp³-hybridized carbons (Fsp3) is 0.0769. The molecule has 0 fully saturated rings. The van der Waals surface area contributed by atoms with Gasteiger partial charge in [-0.15, -0.1) is 11.3 Å². The minimum Gasteiger partial charge on any atom is -0.493 e. The summed E-state index contributed by atoms with van der Waals surface area (Å²) in [6, 6.07) is 20.1. The number of nitro benzene ring substituents is 1. The highest BCUT2D eigenvalue weighted by Crippen LogP contribution is 2.43. The summed E-state index contributed by atoms with van der Waals surface area (Å²) in [5, 5.41) is 22.1. The Balaban J connectivity index is 1.67. The van der Waals surface area contributed by atoms with Crippen molar-refractivity contribution in [1.29, 1.82) is 0 Å². The molecule has 2 heterocycles. The summed E-state index contributed by atoms with van der Waals surface area (Å²) >= 11 is 6.81. The average molecular weight is 486 g/mol. The highest BCUT2D eigenvalue weighted by Gasteiger charge is 2.25. The quantitative estimate of drug-likeness (QED) is 0.189. The molecular weight excluding hydrogens is 466 g/mol. The lowest BCUT2D eigenvalue weighted by Gasteiger charge is -2.08. The lowest BCUT2D eigenvalue weighted by Crippen LogP contribution is -1.99. The largest absolute Gasteiger partial charge is 0.493 e. The predicted molar refractivity (Wildman–Crippen MR) is 139 cm³/mol. The third-order valence-electron chi connectivity index (χ3n) is 5.67. The molecule has 0 radical (unpaired) electrons. The van der Waals surface area contributed by atoms with Gasteiger partial charge in [0.1, 0.15) is 0 Å². The van der Waals surface area contributed by atoms with E-state index in [2.05, 4.69) is 19.1 Å². The molecule has 5 rings (SSSR count). The Morgan fingerprint density at radius 1 is 1.09 bits per heavy atom. The maximum atomic E-state index is 11.1. The van der Waals surface area contributed by atoms with E-state index in [0.717, 1.165) is 39.2 Å². The minimum atomic E-state index is -0.460. The number of nitro groups is 1. The Bertz CT molecular complexity index is 1560. The average Bonchev–Trinajstić information content (AvgIpc) is 3.31. The number of hydrogen-bond donors (Lipinski definition) is 1. The first-order valence-electron chi connectivity index (χ1n) is 10.5. The standard InChI is InChI=1S/C26H19N3O3S2/c1-15-12-16(2)23-20(13-15)21(24(27-23)17-6-4-3-5-7-17)14-22-25(30)28(26(33)34-22)18-8-10-19(11-9-18)29(31)32/h3-14,30H,1-2H3/b21-14+. The van der Waals surface area contributed by atoms with Crippen LogP contribution in [0, 0.1) is 27.9 Å². The number of non-ortho nitro benzene ring substituents is 1. The van der Waals surface area contributed by atoms with Crippen molar-refractivity contribution in [2.75, 3.05) is 0 Å². The van der Waals surface area contributed by atoms with E-state index in [4.69, 9.17) is 17.2 Å². The van der Waals surface area contributed by atoms with Gasteiger partial charge in [-0.2, -0.15) is 0 Å². The summed E-state index contributed by atoms with van der Waals surface area (Å²) in [6.45, 7) is 4.10. The van der Waals surface area contributed by atoms with Gasteiger partial charge in [-0.05, 0) is 55.9 Å². The first-order chi connectivity index (χ1) is 16.3. The van der Waals surface area contributed by atoms with Crippen molar-refractivity contribution in [3.8, 4) is 11.6 Å². The van der Waals surface area contributed by atoms with Crippen LogP contribution in [0.1, 0.15) is 27.1 Å². The van der Waals surface area contributed by atoms with Gasteiger partial charge in [0.25, 0.3) is 5.69 Å². The van der Waals surface area contributed by atoms with E-state index < -0.39 is 4.92 Å². The van der Waals surface area contributed by atoms with Gasteiger partial charge < -0.3 is 5.11 Å². The maximum absolute atomic E-state index is 11.1. The van der Waals surface area contributed by atoms with Crippen molar-refractivity contribution in [2.24, 2.45) is 4.99 Å². The summed E-state index contributed by atoms with van der Waals surface area (Å²) in [7, 11) is 0. The van der Waals surface area contributed by atoms with Gasteiger partial charge in [-0.3, -0.25) is 14.7 Å². The van der Waals surface area contributed by atoms with Crippen molar-refractivity contribution >= 4 is 52.3 Å². The van der Waals surface area contributed by atoms with Crippen molar-refractivity contribution in [3.05, 3.63) is 108 Å². The number of rotatable bonds is 4. The Kier molecular flexibility index (Phi) is 5.47. The van der Waals surface area contributed by atoms with Crippen LogP contribution in [-0.4, -0.2) is 20.3 Å². The first-order valence-corrected chi connectivity index (χ1v) is 11.7. The number of aliphatic imine (C=N–C) groups is 1. The molecule has 0 saturated heterocycles. The molecule has 1 aliphatic rings. The van der Waals surface area contributed by atoms with E-state index in [-0.39, 0.29) is 11.6 Å². The summed E-state index contributed by atoms with van der Waals surface area (Å²) in [5.41, 5.74) is 7.43. The highest BCUT2D eigenvalue weighted by atomic mass is 32.1. The van der Waals surface area contributed by atoms with Crippen LogP contribution in [-0.2, 0) is 0 Å². The molecule has 168 valence electrons. The third kappa shape index (κ3) is 3.76. The molecule has 0 amide bonds. The zero-order valence-electron chi connectivity index (χ0n) is 18.4. The van der Waals surface area contributed by atoms with E-state index >= 15 is 0 Å². The van der Waals surface area contributed by atoms with Crippen molar-refractivity contribution in [1.82, 2.24) is 4.57 Å². The van der Waals surface area contributed by atoms with Crippen LogP contribution in [0.15, 0.2) is 71.7 Å². The van der Waals surface area contributed by atoms with Gasteiger partial charge in [0.2, 0.25) is 5.88 Å². The second-order valence-electron chi connectivity index (χ2n) is 8.03. The van der Waals surface area contributed by atoms with Crippen LogP contribution >= 0.6 is 23.6 Å². The molecule has 1 N–H and O–H groups in total. The zero-order valence-corrected chi connectivity index (χ0v) is 20.0. The van der Waals surface area contributed by atoms with Gasteiger partial charge in [-0.25, -0.2) is 4.99 Å². The number of fused-ring (bicyclic) bond motifs is 1. The number of nitrogens with zero attached hydrogens (tertiary/aromatic N) is 3. The Morgan fingerprint density at radius 3 is 2.47 bits per heavy atom. The normalized spacial score (nSPS) is 13.7. The van der Waals surface area contributed by atoms with Gasteiger partial charge >= 0.3 is 0 Å². The van der Waals surface area contributed by atoms with E-state index in [9.17, 15) is 15.2 Å². The summed E-state index contributed by atoms with van der Waals surface area (Å²) in [4.78, 5) is 16.1. The lowest BCUT2D eigenvalue weighted by molar-refractivity contribution is -0.384. The van der Waals surface area contributed by atoms with E-state index in [1.165, 1.54) is 28.0 Å². The highest BCUT2D eigenvalue weighted by molar-refractivity contribution is 7.73. The van der Waals surface area contributed by atoms with E-state index in [1.807, 2.05) is 43.3 Å². The Morgan fingerprint density at radius 2 is 1.79 bits per heavy atom. The van der Waals surface area contributed by atoms with E-state index in [0.29, 0.717) is 14.5 Å². The molecule has 8 heteroatoms. The van der Waals surface area contributed by atoms with Crippen LogP contribution in [0.4, 0.5) is 11.4 Å². The van der Waals surface area contributed by atoms with Gasteiger partial charge in [0.05, 0.1) is 26.9 Å². The molecular formula is C26H19N3O3S2. The summed E-state index contributed by atoms with van der Waals surface area (Å²) < 4.78 is 1.96. The fourth-order valence-corrected chi connectivity index (χ4v) is 5.43. The number of aromatic hydroxyl groups is 1.